The molecule has 1 heterocycles. The summed E-state index contributed by atoms with van der Waals surface area (Å²) in [6, 6.07) is 12.8. The van der Waals surface area contributed by atoms with E-state index in [1.54, 1.807) is 18.2 Å². The molecule has 3 aromatic rings. The Labute approximate surface area is 168 Å². The van der Waals surface area contributed by atoms with Crippen molar-refractivity contribution in [1.82, 2.24) is 10.1 Å². The van der Waals surface area contributed by atoms with Gasteiger partial charge in [-0.25, -0.2) is 0 Å². The normalized spacial score (nSPS) is 10.6. The molecule has 7 nitrogen and oxygen atoms in total. The van der Waals surface area contributed by atoms with Crippen molar-refractivity contribution >= 4 is 11.8 Å². The van der Waals surface area contributed by atoms with E-state index in [-0.39, 0.29) is 24.7 Å². The fraction of sp³-hybridized carbons (Fsp3) is 0.273. The Bertz CT molecular complexity index is 1010. The van der Waals surface area contributed by atoms with Crippen LogP contribution in [0.25, 0.3) is 11.4 Å². The summed E-state index contributed by atoms with van der Waals surface area (Å²) in [4.78, 5) is 28.1. The lowest BCUT2D eigenvalue weighted by Crippen LogP contribution is -2.10. The molecule has 0 radical (unpaired) electrons. The topological polar surface area (TPSA) is 91.5 Å². The molecule has 0 bridgehead atoms. The van der Waals surface area contributed by atoms with Gasteiger partial charge in [-0.1, -0.05) is 36.3 Å². The highest BCUT2D eigenvalue weighted by molar-refractivity contribution is 5.94. The minimum absolute atomic E-state index is 0.0379. The number of ketones is 1. The second-order valence-corrected chi connectivity index (χ2v) is 6.48. The summed E-state index contributed by atoms with van der Waals surface area (Å²) >= 11 is 0. The van der Waals surface area contributed by atoms with Gasteiger partial charge in [0.25, 0.3) is 5.89 Å². The molecule has 0 aliphatic rings. The second-order valence-electron chi connectivity index (χ2n) is 6.48. The highest BCUT2D eigenvalue weighted by Gasteiger charge is 2.15. The average Bonchev–Trinajstić information content (AvgIpc) is 3.21. The van der Waals surface area contributed by atoms with E-state index in [0.717, 1.165) is 12.0 Å². The van der Waals surface area contributed by atoms with Gasteiger partial charge in [-0.3, -0.25) is 9.59 Å². The summed E-state index contributed by atoms with van der Waals surface area (Å²) in [5, 5.41) is 3.93. The largest absolute Gasteiger partial charge is 0.496 e. The Kier molecular flexibility index (Phi) is 6.39. The zero-order valence-electron chi connectivity index (χ0n) is 16.6. The van der Waals surface area contributed by atoms with E-state index in [0.29, 0.717) is 22.7 Å². The number of carbonyl (C=O) groups excluding carboxylic acids is 2. The third-order valence-corrected chi connectivity index (χ3v) is 4.47. The summed E-state index contributed by atoms with van der Waals surface area (Å²) < 4.78 is 15.7. The smallest absolute Gasteiger partial charge is 0.310 e. The van der Waals surface area contributed by atoms with Gasteiger partial charge in [-0.05, 0) is 37.1 Å². The van der Waals surface area contributed by atoms with Gasteiger partial charge < -0.3 is 14.0 Å². The third-order valence-electron chi connectivity index (χ3n) is 4.47. The lowest BCUT2D eigenvalue weighted by atomic mass is 10.0. The van der Waals surface area contributed by atoms with Gasteiger partial charge in [0.05, 0.1) is 13.5 Å². The molecule has 7 heteroatoms. The predicted octanol–water partition coefficient (Wildman–Crippen LogP) is 3.80. The van der Waals surface area contributed by atoms with Gasteiger partial charge in [0.1, 0.15) is 5.75 Å². The number of esters is 1. The first-order chi connectivity index (χ1) is 14.0. The number of aryl methyl sites for hydroxylation is 1. The van der Waals surface area contributed by atoms with Crippen LogP contribution in [-0.4, -0.2) is 29.0 Å². The molecule has 0 aliphatic heterocycles. The molecule has 0 amide bonds. The lowest BCUT2D eigenvalue weighted by Gasteiger charge is -2.09. The first kappa shape index (κ1) is 20.3. The Balaban J connectivity index is 1.62. The van der Waals surface area contributed by atoms with E-state index in [4.69, 9.17) is 14.0 Å². The molecular weight excluding hydrogens is 372 g/mol. The standard InChI is InChI=1S/C22H22N2O5/c1-4-15-5-7-16(8-6-15)22-23-20(29-24-22)13-28-21(26)12-18-11-17(14(2)25)9-10-19(18)27-3/h5-11H,4,12-13H2,1-3H3. The number of nitrogens with zero attached hydrogens (tertiary/aromatic N) is 2. The van der Waals surface area contributed by atoms with Crippen LogP contribution < -0.4 is 4.74 Å². The fourth-order valence-corrected chi connectivity index (χ4v) is 2.80. The van der Waals surface area contributed by atoms with Crippen LogP contribution >= 0.6 is 0 Å². The maximum atomic E-state index is 12.2. The van der Waals surface area contributed by atoms with Crippen molar-refractivity contribution in [2.24, 2.45) is 0 Å². The van der Waals surface area contributed by atoms with Crippen LogP contribution in [0.1, 0.15) is 41.2 Å². The van der Waals surface area contributed by atoms with Crippen molar-refractivity contribution in [3.05, 3.63) is 65.0 Å². The number of aromatic nitrogens is 2. The van der Waals surface area contributed by atoms with Gasteiger partial charge in [-0.15, -0.1) is 0 Å². The van der Waals surface area contributed by atoms with Gasteiger partial charge in [0.2, 0.25) is 5.82 Å². The molecule has 29 heavy (non-hydrogen) atoms. The fourth-order valence-electron chi connectivity index (χ4n) is 2.80. The van der Waals surface area contributed by atoms with Crippen LogP contribution in [0.2, 0.25) is 0 Å². The SMILES string of the molecule is CCc1ccc(-c2noc(COC(=O)Cc3cc(C(C)=O)ccc3OC)n2)cc1. The minimum atomic E-state index is -0.490. The second kappa shape index (κ2) is 9.14. The summed E-state index contributed by atoms with van der Waals surface area (Å²) in [6.07, 6.45) is 0.914. The van der Waals surface area contributed by atoms with E-state index in [1.165, 1.54) is 19.6 Å². The summed E-state index contributed by atoms with van der Waals surface area (Å²) in [7, 11) is 1.50. The minimum Gasteiger partial charge on any atom is -0.496 e. The molecular formula is C22H22N2O5. The monoisotopic (exact) mass is 394 g/mol. The lowest BCUT2D eigenvalue weighted by molar-refractivity contribution is -0.144. The van der Waals surface area contributed by atoms with Crippen LogP contribution in [0, 0.1) is 0 Å². The van der Waals surface area contributed by atoms with Gasteiger partial charge in [-0.2, -0.15) is 4.98 Å². The highest BCUT2D eigenvalue weighted by atomic mass is 16.6. The zero-order valence-corrected chi connectivity index (χ0v) is 16.6. The molecule has 0 saturated heterocycles. The van der Waals surface area contributed by atoms with Gasteiger partial charge >= 0.3 is 5.97 Å². The van der Waals surface area contributed by atoms with E-state index in [1.807, 2.05) is 24.3 Å². The van der Waals surface area contributed by atoms with Crippen LogP contribution in [0.3, 0.4) is 0 Å². The van der Waals surface area contributed by atoms with Crippen molar-refractivity contribution in [3.8, 4) is 17.1 Å². The number of carbonyl (C=O) groups is 2. The van der Waals surface area contributed by atoms with Crippen LogP contribution in [0.4, 0.5) is 0 Å². The summed E-state index contributed by atoms with van der Waals surface area (Å²) in [5.41, 5.74) is 3.13. The van der Waals surface area contributed by atoms with E-state index in [9.17, 15) is 9.59 Å². The average molecular weight is 394 g/mol. The first-order valence-electron chi connectivity index (χ1n) is 9.25. The van der Waals surface area contributed by atoms with Crippen molar-refractivity contribution in [2.45, 2.75) is 33.3 Å². The molecule has 0 unspecified atom stereocenters. The summed E-state index contributed by atoms with van der Waals surface area (Å²) in [6.45, 7) is 3.42. The van der Waals surface area contributed by atoms with Crippen molar-refractivity contribution in [3.63, 3.8) is 0 Å². The van der Waals surface area contributed by atoms with E-state index < -0.39 is 5.97 Å². The maximum absolute atomic E-state index is 12.2. The van der Waals surface area contributed by atoms with Crippen molar-refractivity contribution in [1.29, 1.82) is 0 Å². The Hall–Kier alpha value is -3.48. The molecule has 0 spiro atoms. The maximum Gasteiger partial charge on any atom is 0.310 e. The third kappa shape index (κ3) is 5.07. The Morgan fingerprint density at radius 2 is 1.86 bits per heavy atom. The zero-order chi connectivity index (χ0) is 20.8. The molecule has 2 aromatic carbocycles. The molecule has 3 rings (SSSR count). The number of rotatable bonds is 8. The number of hydrogen-bond acceptors (Lipinski definition) is 7. The van der Waals surface area contributed by atoms with Crippen molar-refractivity contribution < 1.29 is 23.6 Å². The molecule has 1 aromatic heterocycles. The Morgan fingerprint density at radius 1 is 1.10 bits per heavy atom. The number of ether oxygens (including phenoxy) is 2. The van der Waals surface area contributed by atoms with Crippen LogP contribution in [-0.2, 0) is 29.0 Å². The Morgan fingerprint density at radius 3 is 2.52 bits per heavy atom. The van der Waals surface area contributed by atoms with Gasteiger partial charge in [0, 0.05) is 16.7 Å². The molecule has 0 fully saturated rings. The molecule has 0 N–H and O–H groups in total. The van der Waals surface area contributed by atoms with Crippen LogP contribution in [0.5, 0.6) is 5.75 Å². The molecule has 150 valence electrons. The number of benzene rings is 2. The van der Waals surface area contributed by atoms with Crippen molar-refractivity contribution in [2.75, 3.05) is 7.11 Å². The number of Topliss-reactive ketones (excluding diaryl/α,β-unsaturated/α-hetero) is 1. The molecule has 0 atom stereocenters. The number of methoxy groups -OCH3 is 1. The number of hydrogen-bond donors (Lipinski definition) is 0. The van der Waals surface area contributed by atoms with E-state index >= 15 is 0 Å². The molecule has 0 saturated carbocycles. The van der Waals surface area contributed by atoms with Gasteiger partial charge in [0.15, 0.2) is 12.4 Å². The van der Waals surface area contributed by atoms with E-state index in [2.05, 4.69) is 17.1 Å². The summed E-state index contributed by atoms with van der Waals surface area (Å²) in [5.74, 6) is 0.582. The quantitative estimate of drug-likeness (QED) is 0.424. The predicted molar refractivity (Wildman–Crippen MR) is 106 cm³/mol. The highest BCUT2D eigenvalue weighted by Crippen LogP contribution is 2.22. The van der Waals surface area contributed by atoms with Crippen LogP contribution in [0.15, 0.2) is 47.0 Å². The first-order valence-corrected chi connectivity index (χ1v) is 9.25. The molecule has 0 aliphatic carbocycles.